The SMILES string of the molecule is c1ccc2c(c1)sc1c(-c3ccc(-n4c5ccccc5c5cc(-n6c7ccccc7c7ccccc76)ccc54)cc3)nc(-n3c4ccccc4c4ccccc43)nc12. The summed E-state index contributed by atoms with van der Waals surface area (Å²) in [4.78, 5) is 10.8. The largest absolute Gasteiger partial charge is 0.309 e. The fraction of sp³-hybridized carbons (Fsp3) is 0. The van der Waals surface area contributed by atoms with E-state index in [1.165, 1.54) is 59.1 Å². The van der Waals surface area contributed by atoms with Crippen molar-refractivity contribution in [2.75, 3.05) is 0 Å². The average Bonchev–Trinajstić information content (AvgIpc) is 4.03. The Morgan fingerprint density at radius 2 is 0.776 bits per heavy atom. The summed E-state index contributed by atoms with van der Waals surface area (Å²) in [6.45, 7) is 0. The number of hydrogen-bond acceptors (Lipinski definition) is 3. The molecule has 0 aliphatic rings. The Morgan fingerprint density at radius 3 is 1.34 bits per heavy atom. The van der Waals surface area contributed by atoms with E-state index in [-0.39, 0.29) is 0 Å². The topological polar surface area (TPSA) is 40.6 Å². The lowest BCUT2D eigenvalue weighted by Crippen LogP contribution is -2.02. The number of thiophene rings is 1. The molecule has 5 aromatic heterocycles. The van der Waals surface area contributed by atoms with Crippen LogP contribution in [0.15, 0.2) is 188 Å². The highest BCUT2D eigenvalue weighted by atomic mass is 32.1. The molecule has 0 aliphatic carbocycles. The number of rotatable bonds is 4. The van der Waals surface area contributed by atoms with Crippen LogP contribution in [0, 0.1) is 0 Å². The molecule has 0 unspecified atom stereocenters. The van der Waals surface area contributed by atoms with E-state index < -0.39 is 0 Å². The van der Waals surface area contributed by atoms with Crippen LogP contribution in [0.25, 0.3) is 114 Å². The van der Waals surface area contributed by atoms with Gasteiger partial charge >= 0.3 is 0 Å². The Kier molecular flexibility index (Phi) is 6.54. The van der Waals surface area contributed by atoms with Gasteiger partial charge in [0.25, 0.3) is 0 Å². The fourth-order valence-corrected chi connectivity index (χ4v) is 10.5. The number of aromatic nitrogens is 5. The molecule has 6 heteroatoms. The molecule has 0 saturated heterocycles. The highest BCUT2D eigenvalue weighted by Crippen LogP contribution is 2.41. The van der Waals surface area contributed by atoms with Crippen molar-refractivity contribution in [3.8, 4) is 28.6 Å². The summed E-state index contributed by atoms with van der Waals surface area (Å²) in [5.41, 5.74) is 12.2. The van der Waals surface area contributed by atoms with E-state index in [9.17, 15) is 0 Å². The molecular weight excluding hydrogens is 727 g/mol. The number of fused-ring (bicyclic) bond motifs is 12. The first kappa shape index (κ1) is 31.6. The summed E-state index contributed by atoms with van der Waals surface area (Å²) >= 11 is 1.76. The minimum atomic E-state index is 0.675. The average molecular weight is 758 g/mol. The highest BCUT2D eigenvalue weighted by Gasteiger charge is 2.21. The van der Waals surface area contributed by atoms with Gasteiger partial charge in [0.15, 0.2) is 0 Å². The van der Waals surface area contributed by atoms with E-state index in [0.29, 0.717) is 5.95 Å². The second-order valence-corrected chi connectivity index (χ2v) is 16.0. The maximum atomic E-state index is 5.43. The predicted molar refractivity (Wildman–Crippen MR) is 243 cm³/mol. The third-order valence-corrected chi connectivity index (χ3v) is 13.0. The number of para-hydroxylation sites is 5. The van der Waals surface area contributed by atoms with E-state index in [4.69, 9.17) is 9.97 Å². The molecule has 5 nitrogen and oxygen atoms in total. The van der Waals surface area contributed by atoms with Crippen molar-refractivity contribution in [2.45, 2.75) is 0 Å². The van der Waals surface area contributed by atoms with Crippen molar-refractivity contribution in [2.24, 2.45) is 0 Å². The quantitative estimate of drug-likeness (QED) is 0.179. The van der Waals surface area contributed by atoms with E-state index in [2.05, 4.69) is 202 Å². The number of nitrogens with zero attached hydrogens (tertiary/aromatic N) is 5. The van der Waals surface area contributed by atoms with Gasteiger partial charge in [-0.1, -0.05) is 121 Å². The summed E-state index contributed by atoms with van der Waals surface area (Å²) in [5.74, 6) is 0.675. The third kappa shape index (κ3) is 4.40. The van der Waals surface area contributed by atoms with Gasteiger partial charge in [0.05, 0.1) is 49.0 Å². The van der Waals surface area contributed by atoms with Crippen molar-refractivity contribution in [1.29, 1.82) is 0 Å². The van der Waals surface area contributed by atoms with Crippen LogP contribution in [-0.4, -0.2) is 23.7 Å². The van der Waals surface area contributed by atoms with Crippen LogP contribution in [-0.2, 0) is 0 Å². The van der Waals surface area contributed by atoms with E-state index >= 15 is 0 Å². The first-order valence-corrected chi connectivity index (χ1v) is 20.4. The van der Waals surface area contributed by atoms with Gasteiger partial charge in [-0.2, -0.15) is 0 Å². The molecule has 0 radical (unpaired) electrons. The number of hydrogen-bond donors (Lipinski definition) is 0. The maximum Gasteiger partial charge on any atom is 0.235 e. The van der Waals surface area contributed by atoms with Crippen molar-refractivity contribution in [1.82, 2.24) is 23.7 Å². The first-order valence-electron chi connectivity index (χ1n) is 19.6. The normalized spacial score (nSPS) is 12.1. The molecule has 13 aromatic rings. The monoisotopic (exact) mass is 757 g/mol. The van der Waals surface area contributed by atoms with Gasteiger partial charge in [0.1, 0.15) is 0 Å². The fourth-order valence-electron chi connectivity index (χ4n) is 9.36. The zero-order valence-electron chi connectivity index (χ0n) is 31.0. The lowest BCUT2D eigenvalue weighted by Gasteiger charge is -2.12. The van der Waals surface area contributed by atoms with E-state index in [1.54, 1.807) is 11.3 Å². The van der Waals surface area contributed by atoms with E-state index in [0.717, 1.165) is 49.3 Å². The maximum absolute atomic E-state index is 5.43. The van der Waals surface area contributed by atoms with Gasteiger partial charge in [-0.25, -0.2) is 9.97 Å². The van der Waals surface area contributed by atoms with Crippen LogP contribution in [0.3, 0.4) is 0 Å². The summed E-state index contributed by atoms with van der Waals surface area (Å²) < 4.78 is 9.31. The third-order valence-electron chi connectivity index (χ3n) is 11.9. The van der Waals surface area contributed by atoms with Crippen LogP contribution < -0.4 is 0 Å². The van der Waals surface area contributed by atoms with Gasteiger partial charge in [-0.3, -0.25) is 4.57 Å². The zero-order valence-corrected chi connectivity index (χ0v) is 31.9. The summed E-state index contributed by atoms with van der Waals surface area (Å²) in [6.07, 6.45) is 0. The second-order valence-electron chi connectivity index (χ2n) is 15.0. The molecular formula is C52H31N5S. The minimum Gasteiger partial charge on any atom is -0.309 e. The summed E-state index contributed by atoms with van der Waals surface area (Å²) in [7, 11) is 0. The Hall–Kier alpha value is -7.54. The van der Waals surface area contributed by atoms with Crippen molar-refractivity contribution < 1.29 is 0 Å². The Labute approximate surface area is 335 Å². The Balaban J connectivity index is 0.997. The molecule has 0 spiro atoms. The van der Waals surface area contributed by atoms with Gasteiger partial charge in [0, 0.05) is 59.3 Å². The molecule has 0 saturated carbocycles. The molecule has 13 rings (SSSR count). The highest BCUT2D eigenvalue weighted by molar-refractivity contribution is 7.26. The van der Waals surface area contributed by atoms with Crippen LogP contribution in [0.5, 0.6) is 0 Å². The van der Waals surface area contributed by atoms with Gasteiger partial charge in [0.2, 0.25) is 5.95 Å². The molecule has 5 heterocycles. The molecule has 0 fully saturated rings. The van der Waals surface area contributed by atoms with Crippen molar-refractivity contribution in [3.05, 3.63) is 188 Å². The molecule has 8 aromatic carbocycles. The van der Waals surface area contributed by atoms with Gasteiger partial charge in [-0.15, -0.1) is 11.3 Å². The van der Waals surface area contributed by atoms with Crippen LogP contribution in [0.2, 0.25) is 0 Å². The lowest BCUT2D eigenvalue weighted by molar-refractivity contribution is 1.02. The standard InChI is InChI=1S/C52H31N5S/c1-7-19-42-35(13-1)36-14-2-8-20-43(36)56(42)34-29-30-47-41(31-34)39-17-5-9-21-44(39)55(47)33-27-25-32(26-28-33)49-51-50(40-18-6-12-24-48(40)58-51)54-52(53-49)57-45-22-10-3-15-37(45)38-16-4-11-23-46(38)57/h1-31H. The molecule has 0 N–H and O–H groups in total. The number of benzene rings is 8. The first-order chi connectivity index (χ1) is 28.8. The molecule has 58 heavy (non-hydrogen) atoms. The zero-order chi connectivity index (χ0) is 37.9. The summed E-state index contributed by atoms with van der Waals surface area (Å²) in [5, 5.41) is 8.50. The van der Waals surface area contributed by atoms with Crippen molar-refractivity contribution in [3.63, 3.8) is 0 Å². The molecule has 0 aliphatic heterocycles. The second kappa shape index (κ2) is 12.0. The molecule has 0 amide bonds. The van der Waals surface area contributed by atoms with Crippen LogP contribution in [0.1, 0.15) is 0 Å². The predicted octanol–water partition coefficient (Wildman–Crippen LogP) is 13.8. The van der Waals surface area contributed by atoms with Crippen LogP contribution >= 0.6 is 11.3 Å². The Bertz CT molecular complexity index is 3700. The molecule has 0 atom stereocenters. The summed E-state index contributed by atoms with van der Waals surface area (Å²) in [6, 6.07) is 67.7. The lowest BCUT2D eigenvalue weighted by atomic mass is 10.1. The smallest absolute Gasteiger partial charge is 0.235 e. The molecule has 270 valence electrons. The van der Waals surface area contributed by atoms with Crippen molar-refractivity contribution >= 4 is 97.1 Å². The Morgan fingerprint density at radius 1 is 0.345 bits per heavy atom. The van der Waals surface area contributed by atoms with Crippen LogP contribution in [0.4, 0.5) is 0 Å². The minimum absolute atomic E-state index is 0.675. The van der Waals surface area contributed by atoms with E-state index in [1.807, 2.05) is 0 Å². The molecule has 0 bridgehead atoms. The van der Waals surface area contributed by atoms with Gasteiger partial charge < -0.3 is 9.13 Å². The van der Waals surface area contributed by atoms with Gasteiger partial charge in [-0.05, 0) is 66.7 Å².